The molecule has 0 spiro atoms. The van der Waals surface area contributed by atoms with E-state index in [1.807, 2.05) is 0 Å². The Hall–Kier alpha value is -2.91. The van der Waals surface area contributed by atoms with E-state index in [4.69, 9.17) is 10.2 Å². The minimum absolute atomic E-state index is 0.0668. The Kier molecular flexibility index (Phi) is 6.78. The van der Waals surface area contributed by atoms with Crippen LogP contribution in [0.4, 0.5) is 23.2 Å². The number of aromatic nitrogens is 1. The normalized spacial score (nSPS) is 25.2. The predicted molar refractivity (Wildman–Crippen MR) is 130 cm³/mol. The number of piperidine rings is 1. The van der Waals surface area contributed by atoms with Crippen LogP contribution in [0.1, 0.15) is 50.0 Å². The van der Waals surface area contributed by atoms with Crippen LogP contribution in [0.5, 0.6) is 0 Å². The molecule has 3 atom stereocenters. The van der Waals surface area contributed by atoms with Crippen molar-refractivity contribution in [3.8, 4) is 11.3 Å². The van der Waals surface area contributed by atoms with Crippen LogP contribution in [0.25, 0.3) is 11.3 Å². The van der Waals surface area contributed by atoms with Gasteiger partial charge in [0.2, 0.25) is 5.89 Å². The van der Waals surface area contributed by atoms with Crippen LogP contribution in [0.15, 0.2) is 59.1 Å². The third-order valence-corrected chi connectivity index (χ3v) is 7.39. The van der Waals surface area contributed by atoms with E-state index in [1.165, 1.54) is 12.1 Å². The lowest BCUT2D eigenvalue weighted by molar-refractivity contribution is -0.137. The third-order valence-electron chi connectivity index (χ3n) is 7.39. The SMILES string of the molecule is NC1(c2ncc(-c3cccc(F)c3)o2)CCCCC1N[C@H]1CCCN(c2ccc(C(F)(F)F)cc2)C1. The molecule has 1 aliphatic heterocycles. The maximum Gasteiger partial charge on any atom is 0.416 e. The minimum atomic E-state index is -4.34. The number of hydrogen-bond acceptors (Lipinski definition) is 5. The Balaban J connectivity index is 1.30. The summed E-state index contributed by atoms with van der Waals surface area (Å²) in [5.41, 5.74) is 6.90. The monoisotopic (exact) mass is 502 g/mol. The smallest absolute Gasteiger partial charge is 0.416 e. The number of nitrogens with one attached hydrogen (secondary N) is 1. The lowest BCUT2D eigenvalue weighted by atomic mass is 9.77. The molecule has 1 aromatic heterocycles. The van der Waals surface area contributed by atoms with Crippen molar-refractivity contribution in [1.29, 1.82) is 0 Å². The fourth-order valence-corrected chi connectivity index (χ4v) is 5.44. The molecule has 0 radical (unpaired) electrons. The Morgan fingerprint density at radius 3 is 2.61 bits per heavy atom. The molecule has 2 unspecified atom stereocenters. The van der Waals surface area contributed by atoms with E-state index in [9.17, 15) is 17.6 Å². The van der Waals surface area contributed by atoms with Gasteiger partial charge >= 0.3 is 6.18 Å². The zero-order chi connectivity index (χ0) is 25.3. The van der Waals surface area contributed by atoms with Crippen molar-refractivity contribution >= 4 is 5.69 Å². The molecule has 1 saturated heterocycles. The fourth-order valence-electron chi connectivity index (χ4n) is 5.44. The Morgan fingerprint density at radius 1 is 1.06 bits per heavy atom. The first kappa shape index (κ1) is 24.8. The molecule has 192 valence electrons. The van der Waals surface area contributed by atoms with Gasteiger partial charge in [-0.1, -0.05) is 25.0 Å². The van der Waals surface area contributed by atoms with E-state index in [2.05, 4.69) is 15.2 Å². The van der Waals surface area contributed by atoms with Gasteiger partial charge in [-0.15, -0.1) is 0 Å². The summed E-state index contributed by atoms with van der Waals surface area (Å²) in [5.74, 6) is 0.569. The molecule has 0 bridgehead atoms. The van der Waals surface area contributed by atoms with Crippen LogP contribution in [0.2, 0.25) is 0 Å². The van der Waals surface area contributed by atoms with Crippen molar-refractivity contribution in [3.05, 3.63) is 72.0 Å². The maximum atomic E-state index is 13.7. The average molecular weight is 503 g/mol. The second-order valence-corrected chi connectivity index (χ2v) is 9.88. The van der Waals surface area contributed by atoms with E-state index in [0.29, 0.717) is 30.2 Å². The molecule has 2 fully saturated rings. The minimum Gasteiger partial charge on any atom is -0.439 e. The lowest BCUT2D eigenvalue weighted by Crippen LogP contribution is -2.61. The first-order valence-corrected chi connectivity index (χ1v) is 12.4. The molecule has 1 saturated carbocycles. The number of halogens is 4. The molecule has 3 aromatic rings. The molecule has 2 heterocycles. The Bertz CT molecular complexity index is 1180. The van der Waals surface area contributed by atoms with Gasteiger partial charge in [-0.2, -0.15) is 13.2 Å². The number of hydrogen-bond donors (Lipinski definition) is 2. The van der Waals surface area contributed by atoms with Crippen molar-refractivity contribution in [1.82, 2.24) is 10.3 Å². The van der Waals surface area contributed by atoms with Gasteiger partial charge in [0.05, 0.1) is 11.8 Å². The Labute approximate surface area is 207 Å². The number of rotatable bonds is 5. The molecule has 36 heavy (non-hydrogen) atoms. The van der Waals surface area contributed by atoms with Gasteiger partial charge in [0, 0.05) is 36.4 Å². The maximum absolute atomic E-state index is 13.7. The summed E-state index contributed by atoms with van der Waals surface area (Å²) in [6.07, 6.45) is 2.68. The zero-order valence-corrected chi connectivity index (χ0v) is 19.9. The molecule has 9 heteroatoms. The van der Waals surface area contributed by atoms with Crippen molar-refractivity contribution in [2.45, 2.75) is 62.3 Å². The summed E-state index contributed by atoms with van der Waals surface area (Å²) in [5, 5.41) is 3.73. The number of nitrogens with two attached hydrogens (primary N) is 1. The van der Waals surface area contributed by atoms with Gasteiger partial charge in [-0.3, -0.25) is 0 Å². The molecular weight excluding hydrogens is 472 g/mol. The fraction of sp³-hybridized carbons (Fsp3) is 0.444. The van der Waals surface area contributed by atoms with E-state index in [-0.39, 0.29) is 17.9 Å². The van der Waals surface area contributed by atoms with E-state index in [0.717, 1.165) is 56.5 Å². The first-order valence-electron chi connectivity index (χ1n) is 12.4. The highest BCUT2D eigenvalue weighted by molar-refractivity contribution is 5.56. The lowest BCUT2D eigenvalue weighted by Gasteiger charge is -2.43. The predicted octanol–water partition coefficient (Wildman–Crippen LogP) is 5.85. The average Bonchev–Trinajstić information content (AvgIpc) is 3.37. The summed E-state index contributed by atoms with van der Waals surface area (Å²) < 4.78 is 58.6. The number of nitrogens with zero attached hydrogens (tertiary/aromatic N) is 2. The van der Waals surface area contributed by atoms with E-state index in [1.54, 1.807) is 30.5 Å². The summed E-state index contributed by atoms with van der Waals surface area (Å²) in [7, 11) is 0. The van der Waals surface area contributed by atoms with Crippen molar-refractivity contribution < 1.29 is 22.0 Å². The van der Waals surface area contributed by atoms with Gasteiger partial charge in [0.15, 0.2) is 5.76 Å². The number of benzene rings is 2. The number of oxazole rings is 1. The largest absolute Gasteiger partial charge is 0.439 e. The van der Waals surface area contributed by atoms with E-state index >= 15 is 0 Å². The van der Waals surface area contributed by atoms with Crippen LogP contribution in [0, 0.1) is 5.82 Å². The molecule has 2 aromatic carbocycles. The van der Waals surface area contributed by atoms with Crippen molar-refractivity contribution in [2.75, 3.05) is 18.0 Å². The topological polar surface area (TPSA) is 67.3 Å². The molecule has 3 N–H and O–H groups in total. The van der Waals surface area contributed by atoms with Gasteiger partial charge < -0.3 is 20.4 Å². The molecule has 0 amide bonds. The molecule has 2 aliphatic rings. The van der Waals surface area contributed by atoms with Gasteiger partial charge in [0.1, 0.15) is 11.4 Å². The Morgan fingerprint density at radius 2 is 1.86 bits per heavy atom. The zero-order valence-electron chi connectivity index (χ0n) is 19.9. The third kappa shape index (κ3) is 5.13. The van der Waals surface area contributed by atoms with E-state index < -0.39 is 17.3 Å². The molecule has 1 aliphatic carbocycles. The highest BCUT2D eigenvalue weighted by atomic mass is 19.4. The van der Waals surface area contributed by atoms with Gasteiger partial charge in [-0.25, -0.2) is 9.37 Å². The van der Waals surface area contributed by atoms with Crippen molar-refractivity contribution in [3.63, 3.8) is 0 Å². The second kappa shape index (κ2) is 9.86. The van der Waals surface area contributed by atoms with Crippen LogP contribution < -0.4 is 16.0 Å². The molecule has 5 nitrogen and oxygen atoms in total. The van der Waals surface area contributed by atoms with Crippen LogP contribution in [-0.2, 0) is 11.7 Å². The molecular formula is C27H30F4N4O. The highest BCUT2D eigenvalue weighted by Crippen LogP contribution is 2.37. The van der Waals surface area contributed by atoms with Crippen LogP contribution in [-0.4, -0.2) is 30.2 Å². The summed E-state index contributed by atoms with van der Waals surface area (Å²) in [6.45, 7) is 1.47. The quantitative estimate of drug-likeness (QED) is 0.428. The van der Waals surface area contributed by atoms with Crippen LogP contribution in [0.3, 0.4) is 0 Å². The standard InChI is InChI=1S/C27H30F4N4O/c28-20-6-3-5-18(15-20)23-16-33-25(36-23)26(32)13-2-1-8-24(26)34-21-7-4-14-35(17-21)22-11-9-19(10-12-22)27(29,30)31/h3,5-6,9-12,15-16,21,24,34H,1-2,4,7-8,13-14,17,32H2/t21-,24?,26?/m0/s1. The summed E-state index contributed by atoms with van der Waals surface area (Å²) in [4.78, 5) is 6.62. The first-order chi connectivity index (χ1) is 17.2. The molecule has 5 rings (SSSR count). The van der Waals surface area contributed by atoms with Crippen LogP contribution >= 0.6 is 0 Å². The summed E-state index contributed by atoms with van der Waals surface area (Å²) in [6, 6.07) is 11.6. The summed E-state index contributed by atoms with van der Waals surface area (Å²) >= 11 is 0. The second-order valence-electron chi connectivity index (χ2n) is 9.88. The highest BCUT2D eigenvalue weighted by Gasteiger charge is 2.44. The van der Waals surface area contributed by atoms with Gasteiger partial charge in [-0.05, 0) is 62.1 Å². The number of alkyl halides is 3. The van der Waals surface area contributed by atoms with Gasteiger partial charge in [0.25, 0.3) is 0 Å². The number of anilines is 1. The van der Waals surface area contributed by atoms with Crippen molar-refractivity contribution in [2.24, 2.45) is 5.73 Å².